The van der Waals surface area contributed by atoms with Gasteiger partial charge in [-0.05, 0) is 48.9 Å². The number of carbonyl (C=O) groups excluding carboxylic acids is 2. The minimum absolute atomic E-state index is 0.0401. The van der Waals surface area contributed by atoms with Crippen LogP contribution in [0.3, 0.4) is 0 Å². The third kappa shape index (κ3) is 2.78. The second-order valence-corrected chi connectivity index (χ2v) is 7.22. The van der Waals surface area contributed by atoms with Gasteiger partial charge >= 0.3 is 0 Å². The minimum atomic E-state index is -0.124. The molecule has 2 aromatic rings. The Bertz CT molecular complexity index is 773. The largest absolute Gasteiger partial charge is 0.358 e. The van der Waals surface area contributed by atoms with Gasteiger partial charge in [-0.15, -0.1) is 11.3 Å². The maximum Gasteiger partial charge on any atom is 0.251 e. The first-order valence-electron chi connectivity index (χ1n) is 8.24. The third-order valence-corrected chi connectivity index (χ3v) is 5.51. The van der Waals surface area contributed by atoms with E-state index in [1.807, 2.05) is 29.6 Å². The number of carbonyl (C=O) groups is 2. The van der Waals surface area contributed by atoms with Crippen LogP contribution >= 0.6 is 11.3 Å². The molecule has 124 valence electrons. The van der Waals surface area contributed by atoms with Crippen molar-refractivity contribution in [3.8, 4) is 0 Å². The first-order valence-corrected chi connectivity index (χ1v) is 9.12. The van der Waals surface area contributed by atoms with E-state index in [9.17, 15) is 9.59 Å². The molecule has 0 radical (unpaired) electrons. The molecule has 0 bridgehead atoms. The Balaban J connectivity index is 1.53. The van der Waals surface area contributed by atoms with Crippen LogP contribution in [0.2, 0.25) is 0 Å². The van der Waals surface area contributed by atoms with E-state index in [4.69, 9.17) is 0 Å². The van der Waals surface area contributed by atoms with Crippen molar-refractivity contribution in [3.63, 3.8) is 0 Å². The molecule has 0 aliphatic carbocycles. The molecule has 5 nitrogen and oxygen atoms in total. The molecule has 2 N–H and O–H groups in total. The highest BCUT2D eigenvalue weighted by Crippen LogP contribution is 2.36. The lowest BCUT2D eigenvalue weighted by Gasteiger charge is -2.41. The molecular weight excluding hydrogens is 322 g/mol. The summed E-state index contributed by atoms with van der Waals surface area (Å²) < 4.78 is 0. The molecule has 0 spiro atoms. The second-order valence-electron chi connectivity index (χ2n) is 6.19. The highest BCUT2D eigenvalue weighted by atomic mass is 32.1. The zero-order valence-electron chi connectivity index (χ0n) is 13.2. The van der Waals surface area contributed by atoms with Crippen LogP contribution in [0.15, 0.2) is 35.7 Å². The molecule has 1 saturated heterocycles. The van der Waals surface area contributed by atoms with Gasteiger partial charge in [0.15, 0.2) is 0 Å². The van der Waals surface area contributed by atoms with E-state index < -0.39 is 0 Å². The highest BCUT2D eigenvalue weighted by Gasteiger charge is 2.34. The van der Waals surface area contributed by atoms with Gasteiger partial charge in [-0.1, -0.05) is 6.07 Å². The summed E-state index contributed by atoms with van der Waals surface area (Å²) in [7, 11) is 0. The van der Waals surface area contributed by atoms with Crippen LogP contribution in [0.1, 0.15) is 34.5 Å². The van der Waals surface area contributed by atoms with Gasteiger partial charge in [-0.3, -0.25) is 9.59 Å². The van der Waals surface area contributed by atoms with Gasteiger partial charge in [0.1, 0.15) is 6.04 Å². The number of hydrogen-bond acceptors (Lipinski definition) is 4. The summed E-state index contributed by atoms with van der Waals surface area (Å²) in [5.41, 5.74) is 2.33. The van der Waals surface area contributed by atoms with Crippen molar-refractivity contribution in [1.29, 1.82) is 0 Å². The van der Waals surface area contributed by atoms with Crippen LogP contribution in [0.4, 0.5) is 11.4 Å². The van der Waals surface area contributed by atoms with Crippen LogP contribution in [-0.4, -0.2) is 24.4 Å². The molecule has 1 fully saturated rings. The molecule has 0 saturated carbocycles. The van der Waals surface area contributed by atoms with E-state index in [-0.39, 0.29) is 17.9 Å². The topological polar surface area (TPSA) is 61.4 Å². The van der Waals surface area contributed by atoms with Gasteiger partial charge in [0.05, 0.1) is 17.9 Å². The van der Waals surface area contributed by atoms with E-state index in [1.165, 1.54) is 0 Å². The van der Waals surface area contributed by atoms with E-state index in [0.29, 0.717) is 12.1 Å². The average Bonchev–Trinajstić information content (AvgIpc) is 3.13. The van der Waals surface area contributed by atoms with Gasteiger partial charge in [0, 0.05) is 17.0 Å². The quantitative estimate of drug-likeness (QED) is 0.902. The Morgan fingerprint density at radius 2 is 2.25 bits per heavy atom. The predicted octanol–water partition coefficient (Wildman–Crippen LogP) is 2.99. The molecule has 1 aromatic carbocycles. The summed E-state index contributed by atoms with van der Waals surface area (Å²) in [6.07, 6.45) is 3.09. The zero-order chi connectivity index (χ0) is 16.5. The van der Waals surface area contributed by atoms with Crippen molar-refractivity contribution in [2.75, 3.05) is 16.8 Å². The van der Waals surface area contributed by atoms with Crippen molar-refractivity contribution < 1.29 is 9.59 Å². The monoisotopic (exact) mass is 341 g/mol. The number of anilines is 2. The lowest BCUT2D eigenvalue weighted by atomic mass is 9.97. The van der Waals surface area contributed by atoms with Gasteiger partial charge in [-0.2, -0.15) is 0 Å². The highest BCUT2D eigenvalue weighted by molar-refractivity contribution is 7.09. The summed E-state index contributed by atoms with van der Waals surface area (Å²) in [4.78, 5) is 27.9. The van der Waals surface area contributed by atoms with Gasteiger partial charge in [-0.25, -0.2) is 0 Å². The second kappa shape index (κ2) is 6.28. The van der Waals surface area contributed by atoms with Gasteiger partial charge < -0.3 is 15.5 Å². The summed E-state index contributed by atoms with van der Waals surface area (Å²) in [5, 5.41) is 7.88. The van der Waals surface area contributed by atoms with Crippen LogP contribution in [0.25, 0.3) is 0 Å². The van der Waals surface area contributed by atoms with E-state index in [2.05, 4.69) is 15.5 Å². The Morgan fingerprint density at radius 1 is 1.33 bits per heavy atom. The number of benzene rings is 1. The lowest BCUT2D eigenvalue weighted by molar-refractivity contribution is -0.118. The Morgan fingerprint density at radius 3 is 3.08 bits per heavy atom. The summed E-state index contributed by atoms with van der Waals surface area (Å²) in [6.45, 7) is 1.42. The fraction of sp³-hybridized carbons (Fsp3) is 0.333. The molecule has 6 heteroatoms. The van der Waals surface area contributed by atoms with Crippen molar-refractivity contribution >= 4 is 34.5 Å². The minimum Gasteiger partial charge on any atom is -0.358 e. The summed E-state index contributed by atoms with van der Waals surface area (Å²) in [5.74, 6) is -0.0837. The van der Waals surface area contributed by atoms with Crippen molar-refractivity contribution in [3.05, 3.63) is 46.2 Å². The molecule has 24 heavy (non-hydrogen) atoms. The molecule has 4 rings (SSSR count). The lowest BCUT2D eigenvalue weighted by Crippen LogP contribution is -2.50. The predicted molar refractivity (Wildman–Crippen MR) is 95.5 cm³/mol. The number of thiophene rings is 1. The van der Waals surface area contributed by atoms with Crippen LogP contribution in [0.5, 0.6) is 0 Å². The number of rotatable bonds is 3. The zero-order valence-corrected chi connectivity index (χ0v) is 14.1. The number of fused-ring (bicyclic) bond motifs is 3. The SMILES string of the molecule is O=C(NCc1cccs1)c1ccc2c(c1)NC(=O)C1CCCCN21. The van der Waals surface area contributed by atoms with E-state index >= 15 is 0 Å². The Labute approximate surface area is 144 Å². The number of piperidine rings is 1. The number of nitrogens with zero attached hydrogens (tertiary/aromatic N) is 1. The number of amides is 2. The molecule has 2 aliphatic rings. The van der Waals surface area contributed by atoms with Crippen LogP contribution in [0, 0.1) is 0 Å². The molecule has 1 unspecified atom stereocenters. The summed E-state index contributed by atoms with van der Waals surface area (Å²) >= 11 is 1.62. The van der Waals surface area contributed by atoms with Crippen molar-refractivity contribution in [2.24, 2.45) is 0 Å². The van der Waals surface area contributed by atoms with Crippen molar-refractivity contribution in [2.45, 2.75) is 31.8 Å². The average molecular weight is 341 g/mol. The first-order chi connectivity index (χ1) is 11.7. The molecule has 1 aromatic heterocycles. The molecule has 3 heterocycles. The third-order valence-electron chi connectivity index (χ3n) is 4.63. The van der Waals surface area contributed by atoms with E-state index in [0.717, 1.165) is 42.1 Å². The van der Waals surface area contributed by atoms with Crippen LogP contribution in [-0.2, 0) is 11.3 Å². The molecule has 2 amide bonds. The van der Waals surface area contributed by atoms with Gasteiger partial charge in [0.2, 0.25) is 5.91 Å². The fourth-order valence-corrected chi connectivity index (χ4v) is 4.06. The van der Waals surface area contributed by atoms with Crippen molar-refractivity contribution in [1.82, 2.24) is 5.32 Å². The van der Waals surface area contributed by atoms with E-state index in [1.54, 1.807) is 17.4 Å². The number of hydrogen-bond donors (Lipinski definition) is 2. The Kier molecular flexibility index (Phi) is 3.98. The van der Waals surface area contributed by atoms with Crippen LogP contribution < -0.4 is 15.5 Å². The number of nitrogens with one attached hydrogen (secondary N) is 2. The summed E-state index contributed by atoms with van der Waals surface area (Å²) in [6, 6.07) is 9.47. The molecule has 2 aliphatic heterocycles. The normalized spacial score (nSPS) is 19.2. The Hall–Kier alpha value is -2.34. The first kappa shape index (κ1) is 15.2. The molecule has 1 atom stereocenters. The van der Waals surface area contributed by atoms with Gasteiger partial charge in [0.25, 0.3) is 5.91 Å². The standard InChI is InChI=1S/C18H19N3O2S/c22-17(19-11-13-4-3-9-24-13)12-6-7-15-14(10-12)20-18(23)16-5-1-2-8-21(15)16/h3-4,6-7,9-10,16H,1-2,5,8,11H2,(H,19,22)(H,20,23). The smallest absolute Gasteiger partial charge is 0.251 e. The maximum atomic E-state index is 12.4. The molecular formula is C18H19N3O2S. The fourth-order valence-electron chi connectivity index (χ4n) is 3.42. The maximum absolute atomic E-state index is 12.4.